The summed E-state index contributed by atoms with van der Waals surface area (Å²) in [5.74, 6) is -0.322. The van der Waals surface area contributed by atoms with Crippen molar-refractivity contribution in [2.75, 3.05) is 0 Å². The number of non-ortho nitro benzene ring substituents is 1. The Morgan fingerprint density at radius 3 is 2.55 bits per heavy atom. The highest BCUT2D eigenvalue weighted by Gasteiger charge is 2.06. The van der Waals surface area contributed by atoms with E-state index in [4.69, 9.17) is 11.6 Å². The van der Waals surface area contributed by atoms with Gasteiger partial charge < -0.3 is 0 Å². The van der Waals surface area contributed by atoms with E-state index in [1.165, 1.54) is 30.5 Å². The van der Waals surface area contributed by atoms with E-state index in [-0.39, 0.29) is 18.0 Å². The van der Waals surface area contributed by atoms with E-state index in [0.717, 1.165) is 0 Å². The Morgan fingerprint density at radius 2 is 1.91 bits per heavy atom. The highest BCUT2D eigenvalue weighted by Crippen LogP contribution is 2.13. The number of nitro benzene ring substituents is 1. The monoisotopic (exact) mass is 317 g/mol. The van der Waals surface area contributed by atoms with Gasteiger partial charge >= 0.3 is 0 Å². The molecule has 2 aromatic carbocycles. The molecule has 2 rings (SSSR count). The summed E-state index contributed by atoms with van der Waals surface area (Å²) in [4.78, 5) is 21.8. The van der Waals surface area contributed by atoms with Crippen LogP contribution in [0.2, 0.25) is 5.02 Å². The van der Waals surface area contributed by atoms with Gasteiger partial charge in [0.1, 0.15) is 0 Å². The molecule has 0 aliphatic heterocycles. The van der Waals surface area contributed by atoms with Gasteiger partial charge in [0.05, 0.1) is 17.6 Å². The maximum atomic E-state index is 11.7. The minimum absolute atomic E-state index is 0.0131. The van der Waals surface area contributed by atoms with Crippen LogP contribution in [0.15, 0.2) is 53.6 Å². The Hall–Kier alpha value is -2.73. The Balaban J connectivity index is 1.90. The summed E-state index contributed by atoms with van der Waals surface area (Å²) in [6.45, 7) is 0. The first-order valence-electron chi connectivity index (χ1n) is 6.36. The number of hydrogen-bond donors (Lipinski definition) is 1. The minimum atomic E-state index is -0.488. The molecule has 112 valence electrons. The molecule has 0 heterocycles. The second-order valence-electron chi connectivity index (χ2n) is 4.42. The van der Waals surface area contributed by atoms with Gasteiger partial charge in [-0.05, 0) is 11.6 Å². The molecule has 0 radical (unpaired) electrons. The summed E-state index contributed by atoms with van der Waals surface area (Å²) in [7, 11) is 0. The van der Waals surface area contributed by atoms with Crippen LogP contribution in [0.1, 0.15) is 11.1 Å². The molecule has 22 heavy (non-hydrogen) atoms. The first-order chi connectivity index (χ1) is 10.6. The summed E-state index contributed by atoms with van der Waals surface area (Å²) >= 11 is 5.95. The van der Waals surface area contributed by atoms with Crippen molar-refractivity contribution in [2.45, 2.75) is 6.42 Å². The topological polar surface area (TPSA) is 84.6 Å². The van der Waals surface area contributed by atoms with Crippen molar-refractivity contribution in [3.63, 3.8) is 0 Å². The van der Waals surface area contributed by atoms with E-state index >= 15 is 0 Å². The fourth-order valence-electron chi connectivity index (χ4n) is 1.71. The number of nitrogens with one attached hydrogen (secondary N) is 1. The van der Waals surface area contributed by atoms with Crippen LogP contribution in [0, 0.1) is 10.1 Å². The van der Waals surface area contributed by atoms with Crippen molar-refractivity contribution in [3.05, 3.63) is 74.8 Å². The lowest BCUT2D eigenvalue weighted by Gasteiger charge is -2.01. The van der Waals surface area contributed by atoms with Crippen molar-refractivity contribution >= 4 is 29.4 Å². The quantitative estimate of drug-likeness (QED) is 0.522. The first kappa shape index (κ1) is 15.7. The van der Waals surface area contributed by atoms with E-state index in [2.05, 4.69) is 10.5 Å². The van der Waals surface area contributed by atoms with E-state index in [1.807, 2.05) is 6.07 Å². The largest absolute Gasteiger partial charge is 0.273 e. The third kappa shape index (κ3) is 4.39. The molecule has 0 saturated carbocycles. The number of nitro groups is 1. The molecule has 0 bridgehead atoms. The summed E-state index contributed by atoms with van der Waals surface area (Å²) in [5.41, 5.74) is 3.73. The molecule has 7 heteroatoms. The van der Waals surface area contributed by atoms with Crippen LogP contribution in [-0.2, 0) is 11.2 Å². The molecule has 2 aromatic rings. The number of nitrogens with zero attached hydrogens (tertiary/aromatic N) is 2. The Kier molecular flexibility index (Phi) is 5.21. The smallest absolute Gasteiger partial charge is 0.269 e. The average Bonchev–Trinajstić information content (AvgIpc) is 2.50. The molecule has 0 unspecified atom stereocenters. The number of halogens is 1. The van der Waals surface area contributed by atoms with Gasteiger partial charge in [-0.3, -0.25) is 14.9 Å². The molecular weight excluding hydrogens is 306 g/mol. The predicted molar refractivity (Wildman–Crippen MR) is 84.0 cm³/mol. The number of benzene rings is 2. The van der Waals surface area contributed by atoms with Gasteiger partial charge in [-0.25, -0.2) is 5.43 Å². The van der Waals surface area contributed by atoms with Crippen LogP contribution >= 0.6 is 11.6 Å². The molecule has 1 amide bonds. The number of rotatable bonds is 5. The zero-order chi connectivity index (χ0) is 15.9. The zero-order valence-corrected chi connectivity index (χ0v) is 12.2. The molecule has 1 N–H and O–H groups in total. The standard InChI is InChI=1S/C15H12ClN3O3/c16-14-4-2-1-3-12(14)10-17-18-15(20)9-11-5-7-13(8-6-11)19(21)22/h1-8,10H,9H2,(H,18,20)/b17-10-. The first-order valence-corrected chi connectivity index (χ1v) is 6.74. The van der Waals surface area contributed by atoms with Crippen molar-refractivity contribution < 1.29 is 9.72 Å². The second-order valence-corrected chi connectivity index (χ2v) is 4.82. The fraction of sp³-hybridized carbons (Fsp3) is 0.0667. The maximum Gasteiger partial charge on any atom is 0.269 e. The van der Waals surface area contributed by atoms with Crippen LogP contribution < -0.4 is 5.43 Å². The Morgan fingerprint density at radius 1 is 1.23 bits per heavy atom. The lowest BCUT2D eigenvalue weighted by molar-refractivity contribution is -0.384. The Labute approximate surface area is 131 Å². The lowest BCUT2D eigenvalue weighted by Crippen LogP contribution is -2.19. The number of hydrazone groups is 1. The third-order valence-electron chi connectivity index (χ3n) is 2.81. The summed E-state index contributed by atoms with van der Waals surface area (Å²) in [6.07, 6.45) is 1.54. The predicted octanol–water partition coefficient (Wildman–Crippen LogP) is 2.94. The molecule has 6 nitrogen and oxygen atoms in total. The summed E-state index contributed by atoms with van der Waals surface area (Å²) in [5, 5.41) is 14.9. The van der Waals surface area contributed by atoms with Gasteiger partial charge in [0.15, 0.2) is 0 Å². The van der Waals surface area contributed by atoms with E-state index in [9.17, 15) is 14.9 Å². The minimum Gasteiger partial charge on any atom is -0.273 e. The zero-order valence-electron chi connectivity index (χ0n) is 11.4. The van der Waals surface area contributed by atoms with Crippen molar-refractivity contribution in [1.82, 2.24) is 5.43 Å². The maximum absolute atomic E-state index is 11.7. The normalized spacial score (nSPS) is 10.6. The van der Waals surface area contributed by atoms with Crippen molar-refractivity contribution in [2.24, 2.45) is 5.10 Å². The molecular formula is C15H12ClN3O3. The van der Waals surface area contributed by atoms with Gasteiger partial charge in [0.2, 0.25) is 5.91 Å². The van der Waals surface area contributed by atoms with Gasteiger partial charge in [-0.15, -0.1) is 0 Å². The molecule has 0 fully saturated rings. The molecule has 0 aromatic heterocycles. The van der Waals surface area contributed by atoms with Crippen LogP contribution in [0.4, 0.5) is 5.69 Å². The highest BCUT2D eigenvalue weighted by atomic mass is 35.5. The van der Waals surface area contributed by atoms with Crippen LogP contribution in [0.3, 0.4) is 0 Å². The molecule has 0 atom stereocenters. The van der Waals surface area contributed by atoms with Crippen LogP contribution in [-0.4, -0.2) is 17.0 Å². The third-order valence-corrected chi connectivity index (χ3v) is 3.15. The van der Waals surface area contributed by atoms with Gasteiger partial charge in [-0.2, -0.15) is 5.10 Å². The highest BCUT2D eigenvalue weighted by molar-refractivity contribution is 6.33. The molecule has 0 spiro atoms. The summed E-state index contributed by atoms with van der Waals surface area (Å²) in [6, 6.07) is 12.9. The van der Waals surface area contributed by atoms with Gasteiger partial charge in [0.25, 0.3) is 5.69 Å². The number of amides is 1. The lowest BCUT2D eigenvalue weighted by atomic mass is 10.1. The fourth-order valence-corrected chi connectivity index (χ4v) is 1.90. The Bertz CT molecular complexity index is 714. The second kappa shape index (κ2) is 7.33. The van der Waals surface area contributed by atoms with Crippen molar-refractivity contribution in [3.8, 4) is 0 Å². The van der Waals surface area contributed by atoms with Gasteiger partial charge in [-0.1, -0.05) is 41.9 Å². The van der Waals surface area contributed by atoms with Crippen LogP contribution in [0.5, 0.6) is 0 Å². The molecule has 0 saturated heterocycles. The van der Waals surface area contributed by atoms with Crippen LogP contribution in [0.25, 0.3) is 0 Å². The molecule has 0 aliphatic rings. The number of carbonyl (C=O) groups is 1. The number of hydrogen-bond acceptors (Lipinski definition) is 4. The average molecular weight is 318 g/mol. The summed E-state index contributed by atoms with van der Waals surface area (Å²) < 4.78 is 0. The van der Waals surface area contributed by atoms with E-state index in [0.29, 0.717) is 16.1 Å². The van der Waals surface area contributed by atoms with E-state index in [1.54, 1.807) is 18.2 Å². The SMILES string of the molecule is O=C(Cc1ccc([N+](=O)[O-])cc1)N/N=C\c1ccccc1Cl. The van der Waals surface area contributed by atoms with Gasteiger partial charge in [0, 0.05) is 22.7 Å². The molecule has 0 aliphatic carbocycles. The van der Waals surface area contributed by atoms with E-state index < -0.39 is 4.92 Å². The van der Waals surface area contributed by atoms with Crippen molar-refractivity contribution in [1.29, 1.82) is 0 Å². The number of carbonyl (C=O) groups excluding carboxylic acids is 1.